The minimum absolute atomic E-state index is 0. The van der Waals surface area contributed by atoms with Crippen LogP contribution >= 0.6 is 0 Å². The second kappa shape index (κ2) is 9.13. The molecule has 0 heterocycles. The van der Waals surface area contributed by atoms with E-state index in [9.17, 15) is 0 Å². The van der Waals surface area contributed by atoms with Crippen LogP contribution in [0.25, 0.3) is 0 Å². The van der Waals surface area contributed by atoms with Crippen LogP contribution in [0.1, 0.15) is 20.3 Å². The molecule has 0 aliphatic carbocycles. The van der Waals surface area contributed by atoms with Crippen molar-refractivity contribution in [3.8, 4) is 0 Å². The molecule has 0 aromatic heterocycles. The summed E-state index contributed by atoms with van der Waals surface area (Å²) in [5, 5.41) is 0. The molecule has 52 valence electrons. The van der Waals surface area contributed by atoms with Crippen LogP contribution < -0.4 is 0 Å². The van der Waals surface area contributed by atoms with Crippen LogP contribution in [0.15, 0.2) is 0 Å². The zero-order valence-corrected chi connectivity index (χ0v) is 8.48. The van der Waals surface area contributed by atoms with Crippen LogP contribution in [-0.2, 0) is 10.4 Å². The van der Waals surface area contributed by atoms with Gasteiger partial charge in [0.25, 0.3) is 0 Å². The van der Waals surface area contributed by atoms with Crippen LogP contribution in [0.5, 0.6) is 0 Å². The summed E-state index contributed by atoms with van der Waals surface area (Å²) in [6.07, 6.45) is 1.25. The van der Waals surface area contributed by atoms with Crippen LogP contribution in [0.3, 0.4) is 0 Å². The van der Waals surface area contributed by atoms with Crippen molar-refractivity contribution < 1.29 is 17.5 Å². The molecule has 0 aromatic carbocycles. The first-order chi connectivity index (χ1) is 3.41. The van der Waals surface area contributed by atoms with E-state index in [2.05, 4.69) is 13.8 Å². The fraction of sp³-hybridized carbons (Fsp3) is 1.00. The molecule has 9 heavy (non-hydrogen) atoms. The maximum Gasteiger partial charge on any atom is 2.00 e. The van der Waals surface area contributed by atoms with Gasteiger partial charge in [0, 0.05) is 10.4 Å². The van der Waals surface area contributed by atoms with Gasteiger partial charge < -0.3 is 9.11 Å². The van der Waals surface area contributed by atoms with E-state index in [1.54, 1.807) is 0 Å². The van der Waals surface area contributed by atoms with Crippen molar-refractivity contribution in [3.05, 3.63) is 0 Å². The molecule has 0 saturated heterocycles. The molecular formula is C3H8CaO4S. The van der Waals surface area contributed by atoms with Gasteiger partial charge in [0.2, 0.25) is 0 Å². The predicted molar refractivity (Wildman–Crippen MR) is 32.2 cm³/mol. The summed E-state index contributed by atoms with van der Waals surface area (Å²) < 4.78 is 34.1. The van der Waals surface area contributed by atoms with Crippen LogP contribution in [-0.4, -0.2) is 55.3 Å². The van der Waals surface area contributed by atoms with E-state index in [0.29, 0.717) is 0 Å². The van der Waals surface area contributed by atoms with E-state index in [1.807, 2.05) is 0 Å². The third-order valence-electron chi connectivity index (χ3n) is 0. The summed E-state index contributed by atoms with van der Waals surface area (Å²) >= 11 is 0. The molecule has 0 aromatic rings. The average molecular weight is 180 g/mol. The van der Waals surface area contributed by atoms with Crippen LogP contribution in [0.2, 0.25) is 0 Å². The monoisotopic (exact) mass is 180 g/mol. The molecule has 0 unspecified atom stereocenters. The van der Waals surface area contributed by atoms with Crippen molar-refractivity contribution >= 4 is 48.1 Å². The number of hydrogen-bond acceptors (Lipinski definition) is 4. The largest absolute Gasteiger partial charge is 2.00 e. The predicted octanol–water partition coefficient (Wildman–Crippen LogP) is -0.302. The molecule has 6 heteroatoms. The summed E-state index contributed by atoms with van der Waals surface area (Å²) in [6, 6.07) is 0. The first-order valence-corrected chi connectivity index (χ1v) is 3.41. The Bertz CT molecular complexity index is 110. The Hall–Kier alpha value is 1.13. The van der Waals surface area contributed by atoms with Crippen LogP contribution in [0.4, 0.5) is 0 Å². The van der Waals surface area contributed by atoms with Gasteiger partial charge in [-0.25, -0.2) is 0 Å². The van der Waals surface area contributed by atoms with Gasteiger partial charge in [0.05, 0.1) is 0 Å². The Balaban J connectivity index is -0.0000000800. The Kier molecular flexibility index (Phi) is 16.8. The first kappa shape index (κ1) is 16.6. The molecule has 0 spiro atoms. The van der Waals surface area contributed by atoms with Crippen molar-refractivity contribution in [1.29, 1.82) is 0 Å². The molecule has 0 aliphatic heterocycles. The van der Waals surface area contributed by atoms with E-state index in [4.69, 9.17) is 17.5 Å². The van der Waals surface area contributed by atoms with Crippen LogP contribution in [0, 0.1) is 0 Å². The maximum absolute atomic E-state index is 8.52. The molecule has 4 nitrogen and oxygen atoms in total. The second-order valence-corrected chi connectivity index (χ2v) is 1.93. The summed E-state index contributed by atoms with van der Waals surface area (Å²) in [7, 11) is -5.17. The van der Waals surface area contributed by atoms with Gasteiger partial charge >= 0.3 is 37.7 Å². The van der Waals surface area contributed by atoms with Crippen molar-refractivity contribution in [3.63, 3.8) is 0 Å². The minimum atomic E-state index is -5.17. The van der Waals surface area contributed by atoms with Crippen molar-refractivity contribution in [2.24, 2.45) is 0 Å². The van der Waals surface area contributed by atoms with E-state index in [-0.39, 0.29) is 37.7 Å². The van der Waals surface area contributed by atoms with Gasteiger partial charge in [-0.05, 0) is 0 Å². The minimum Gasteiger partial charge on any atom is -0.759 e. The third-order valence-corrected chi connectivity index (χ3v) is 0. The molecule has 0 N–H and O–H groups in total. The molecule has 0 fully saturated rings. The first-order valence-electron chi connectivity index (χ1n) is 2.08. The third kappa shape index (κ3) is 364. The Morgan fingerprint density at radius 3 is 1.22 bits per heavy atom. The van der Waals surface area contributed by atoms with Gasteiger partial charge in [-0.1, -0.05) is 20.3 Å². The molecule has 0 aliphatic rings. The molecule has 0 radical (unpaired) electrons. The second-order valence-electron chi connectivity index (χ2n) is 1.12. The molecule has 0 rings (SSSR count). The zero-order valence-electron chi connectivity index (χ0n) is 5.46. The SMILES string of the molecule is CCC.O=S(=O)([O-])[O-].[Ca+2]. The molecule has 0 amide bonds. The topological polar surface area (TPSA) is 80.3 Å². The van der Waals surface area contributed by atoms with E-state index in [0.717, 1.165) is 0 Å². The molecule has 0 atom stereocenters. The smallest absolute Gasteiger partial charge is 0.759 e. The van der Waals surface area contributed by atoms with Crippen molar-refractivity contribution in [2.75, 3.05) is 0 Å². The fourth-order valence-corrected chi connectivity index (χ4v) is 0. The normalized spacial score (nSPS) is 8.44. The summed E-state index contributed by atoms with van der Waals surface area (Å²) in [4.78, 5) is 0. The fourth-order valence-electron chi connectivity index (χ4n) is 0. The zero-order chi connectivity index (χ0) is 7.21. The summed E-state index contributed by atoms with van der Waals surface area (Å²) in [5.74, 6) is 0. The van der Waals surface area contributed by atoms with Crippen molar-refractivity contribution in [2.45, 2.75) is 20.3 Å². The Labute approximate surface area is 85.2 Å². The van der Waals surface area contributed by atoms with Gasteiger partial charge in [-0.15, -0.1) is 0 Å². The average Bonchev–Trinajstić information content (AvgIpc) is 1.27. The maximum atomic E-state index is 8.52. The van der Waals surface area contributed by atoms with Gasteiger partial charge in [-0.2, -0.15) is 0 Å². The summed E-state index contributed by atoms with van der Waals surface area (Å²) in [6.45, 7) is 4.25. The Morgan fingerprint density at radius 2 is 1.22 bits per heavy atom. The molecule has 0 saturated carbocycles. The summed E-state index contributed by atoms with van der Waals surface area (Å²) in [5.41, 5.74) is 0. The van der Waals surface area contributed by atoms with E-state index >= 15 is 0 Å². The van der Waals surface area contributed by atoms with Gasteiger partial charge in [-0.3, -0.25) is 8.42 Å². The molecule has 0 bridgehead atoms. The molecular weight excluding hydrogens is 172 g/mol. The van der Waals surface area contributed by atoms with Crippen molar-refractivity contribution in [1.82, 2.24) is 0 Å². The van der Waals surface area contributed by atoms with Gasteiger partial charge in [0.1, 0.15) is 0 Å². The Morgan fingerprint density at radius 1 is 1.22 bits per heavy atom. The van der Waals surface area contributed by atoms with Gasteiger partial charge in [0.15, 0.2) is 0 Å². The van der Waals surface area contributed by atoms with E-state index in [1.165, 1.54) is 6.42 Å². The number of rotatable bonds is 0. The quantitative estimate of drug-likeness (QED) is 0.291. The number of hydrogen-bond donors (Lipinski definition) is 0. The van der Waals surface area contributed by atoms with E-state index < -0.39 is 10.4 Å². The standard InChI is InChI=1S/C3H8.Ca.H2O4S/c1-3-2;;1-5(2,3)4/h3H2,1-2H3;;(H2,1,2,3,4)/q;+2;/p-2.